The molecule has 1 aliphatic carbocycles. The van der Waals surface area contributed by atoms with Gasteiger partial charge in [0.2, 0.25) is 5.91 Å². The number of hydrogen-bond donors (Lipinski definition) is 0. The van der Waals surface area contributed by atoms with Crippen molar-refractivity contribution in [3.63, 3.8) is 0 Å². The second-order valence-electron chi connectivity index (χ2n) is 8.37. The summed E-state index contributed by atoms with van der Waals surface area (Å²) in [5.74, 6) is 2.05. The molecule has 0 saturated carbocycles. The van der Waals surface area contributed by atoms with E-state index in [9.17, 15) is 4.79 Å². The van der Waals surface area contributed by atoms with Crippen molar-refractivity contribution in [3.8, 4) is 11.4 Å². The van der Waals surface area contributed by atoms with Gasteiger partial charge in [0.1, 0.15) is 5.82 Å². The number of carbonyl (C=O) groups is 1. The maximum atomic E-state index is 11.9. The Morgan fingerprint density at radius 2 is 2.17 bits per heavy atom. The van der Waals surface area contributed by atoms with E-state index in [0.29, 0.717) is 13.2 Å². The highest BCUT2D eigenvalue weighted by Gasteiger charge is 2.29. The zero-order valence-corrected chi connectivity index (χ0v) is 17.5. The smallest absolute Gasteiger partial charge is 0.219 e. The minimum Gasteiger partial charge on any atom is -0.377 e. The van der Waals surface area contributed by atoms with E-state index < -0.39 is 0 Å². The third-order valence-electron chi connectivity index (χ3n) is 6.36. The first-order chi connectivity index (χ1) is 14.6. The predicted molar refractivity (Wildman–Crippen MR) is 115 cm³/mol. The molecule has 7 nitrogen and oxygen atoms in total. The van der Waals surface area contributed by atoms with Crippen LogP contribution in [0.4, 0.5) is 5.82 Å². The van der Waals surface area contributed by atoms with Crippen molar-refractivity contribution in [2.24, 2.45) is 0 Å². The van der Waals surface area contributed by atoms with Crippen LogP contribution in [-0.2, 0) is 16.0 Å². The SMILES string of the molecule is CC(=O)N1CC[C@H](c2cc(N3CCOC[C@H]3C)nc(-c3ccnc4c3C=CC4)n2)C1. The van der Waals surface area contributed by atoms with Crippen LogP contribution in [0.5, 0.6) is 0 Å². The Labute approximate surface area is 176 Å². The van der Waals surface area contributed by atoms with Gasteiger partial charge in [-0.3, -0.25) is 9.78 Å². The molecule has 2 fully saturated rings. The molecule has 1 amide bonds. The lowest BCUT2D eigenvalue weighted by atomic mass is 10.0. The Kier molecular flexibility index (Phi) is 4.98. The number of aromatic nitrogens is 3. The Morgan fingerprint density at radius 3 is 2.97 bits per heavy atom. The number of likely N-dealkylation sites (tertiary alicyclic amines) is 1. The van der Waals surface area contributed by atoms with Gasteiger partial charge in [-0.1, -0.05) is 12.2 Å². The van der Waals surface area contributed by atoms with Crippen LogP contribution in [0, 0.1) is 0 Å². The molecule has 2 aliphatic heterocycles. The number of carbonyl (C=O) groups excluding carboxylic acids is 1. The molecule has 156 valence electrons. The highest BCUT2D eigenvalue weighted by Crippen LogP contribution is 2.33. The average molecular weight is 406 g/mol. The molecule has 0 spiro atoms. The number of ether oxygens (including phenoxy) is 1. The molecule has 3 aliphatic rings. The highest BCUT2D eigenvalue weighted by molar-refractivity contribution is 5.76. The summed E-state index contributed by atoms with van der Waals surface area (Å²) in [6.07, 6.45) is 7.89. The van der Waals surface area contributed by atoms with E-state index in [4.69, 9.17) is 14.7 Å². The topological polar surface area (TPSA) is 71.5 Å². The van der Waals surface area contributed by atoms with Crippen LogP contribution >= 0.6 is 0 Å². The van der Waals surface area contributed by atoms with E-state index in [-0.39, 0.29) is 17.9 Å². The Balaban J connectivity index is 1.58. The number of allylic oxidation sites excluding steroid dienone is 1. The lowest BCUT2D eigenvalue weighted by Gasteiger charge is -2.34. The monoisotopic (exact) mass is 405 g/mol. The second-order valence-corrected chi connectivity index (χ2v) is 8.37. The molecule has 2 aromatic heterocycles. The molecule has 30 heavy (non-hydrogen) atoms. The number of amides is 1. The third kappa shape index (κ3) is 3.47. The van der Waals surface area contributed by atoms with Crippen LogP contribution in [0.25, 0.3) is 17.5 Å². The van der Waals surface area contributed by atoms with Crippen LogP contribution < -0.4 is 4.90 Å². The summed E-state index contributed by atoms with van der Waals surface area (Å²) in [5, 5.41) is 0. The number of morpholine rings is 1. The van der Waals surface area contributed by atoms with E-state index in [1.165, 1.54) is 0 Å². The minimum atomic E-state index is 0.130. The molecule has 2 saturated heterocycles. The van der Waals surface area contributed by atoms with E-state index in [2.05, 4.69) is 35.0 Å². The summed E-state index contributed by atoms with van der Waals surface area (Å²) in [7, 11) is 0. The molecule has 2 aromatic rings. The van der Waals surface area contributed by atoms with E-state index >= 15 is 0 Å². The minimum absolute atomic E-state index is 0.130. The van der Waals surface area contributed by atoms with Crippen molar-refractivity contribution in [1.29, 1.82) is 0 Å². The van der Waals surface area contributed by atoms with Gasteiger partial charge in [0.05, 0.1) is 30.6 Å². The maximum Gasteiger partial charge on any atom is 0.219 e. The Morgan fingerprint density at radius 1 is 1.27 bits per heavy atom. The molecular formula is C23H27N5O2. The second kappa shape index (κ2) is 7.80. The number of rotatable bonds is 3. The first kappa shape index (κ1) is 19.2. The molecule has 4 heterocycles. The van der Waals surface area contributed by atoms with Crippen molar-refractivity contribution in [2.45, 2.75) is 38.6 Å². The zero-order chi connectivity index (χ0) is 20.7. The predicted octanol–water partition coefficient (Wildman–Crippen LogP) is 2.67. The molecule has 2 atom stereocenters. The highest BCUT2D eigenvalue weighted by atomic mass is 16.5. The molecular weight excluding hydrogens is 378 g/mol. The largest absolute Gasteiger partial charge is 0.377 e. The molecule has 0 aromatic carbocycles. The molecule has 0 radical (unpaired) electrons. The van der Waals surface area contributed by atoms with Crippen molar-refractivity contribution in [1.82, 2.24) is 19.9 Å². The number of anilines is 1. The molecule has 5 rings (SSSR count). The van der Waals surface area contributed by atoms with Gasteiger partial charge in [-0.2, -0.15) is 0 Å². The van der Waals surface area contributed by atoms with Crippen molar-refractivity contribution in [2.75, 3.05) is 37.7 Å². The van der Waals surface area contributed by atoms with Crippen molar-refractivity contribution in [3.05, 3.63) is 41.4 Å². The van der Waals surface area contributed by atoms with Crippen LogP contribution in [0.15, 0.2) is 24.4 Å². The first-order valence-corrected chi connectivity index (χ1v) is 10.7. The average Bonchev–Trinajstić information content (AvgIpc) is 3.43. The fourth-order valence-corrected chi connectivity index (χ4v) is 4.63. The lowest BCUT2D eigenvalue weighted by molar-refractivity contribution is -0.127. The quantitative estimate of drug-likeness (QED) is 0.782. The first-order valence-electron chi connectivity index (χ1n) is 10.7. The molecule has 0 N–H and O–H groups in total. The van der Waals surface area contributed by atoms with E-state index in [1.807, 2.05) is 17.2 Å². The van der Waals surface area contributed by atoms with Crippen LogP contribution in [0.3, 0.4) is 0 Å². The summed E-state index contributed by atoms with van der Waals surface area (Å²) in [5.41, 5.74) is 4.24. The van der Waals surface area contributed by atoms with Gasteiger partial charge in [-0.05, 0) is 19.4 Å². The van der Waals surface area contributed by atoms with E-state index in [1.54, 1.807) is 6.92 Å². The van der Waals surface area contributed by atoms with Gasteiger partial charge in [-0.25, -0.2) is 9.97 Å². The fourth-order valence-electron chi connectivity index (χ4n) is 4.63. The summed E-state index contributed by atoms with van der Waals surface area (Å²) in [4.78, 5) is 30.6. The van der Waals surface area contributed by atoms with Crippen LogP contribution in [0.1, 0.15) is 43.1 Å². The third-order valence-corrected chi connectivity index (χ3v) is 6.36. The number of fused-ring (bicyclic) bond motifs is 1. The Hall–Kier alpha value is -2.80. The zero-order valence-electron chi connectivity index (χ0n) is 17.5. The van der Waals surface area contributed by atoms with Crippen LogP contribution in [-0.4, -0.2) is 64.6 Å². The van der Waals surface area contributed by atoms with Crippen LogP contribution in [0.2, 0.25) is 0 Å². The van der Waals surface area contributed by atoms with Gasteiger partial charge in [-0.15, -0.1) is 0 Å². The van der Waals surface area contributed by atoms with Gasteiger partial charge < -0.3 is 14.5 Å². The summed E-state index contributed by atoms with van der Waals surface area (Å²) < 4.78 is 5.63. The van der Waals surface area contributed by atoms with Crippen molar-refractivity contribution < 1.29 is 9.53 Å². The Bertz CT molecular complexity index is 1010. The standard InChI is InChI=1S/C23H27N5O2/c1-15-14-30-11-10-28(15)22-12-21(17-7-9-27(13-17)16(2)29)25-23(26-22)19-6-8-24-20-5-3-4-18(19)20/h3-4,6,8,12,15,17H,5,7,9-11,13-14H2,1-2H3/t15-,17+/m1/s1. The van der Waals surface area contributed by atoms with Gasteiger partial charge in [0.15, 0.2) is 5.82 Å². The van der Waals surface area contributed by atoms with Gasteiger partial charge in [0, 0.05) is 62.3 Å². The maximum absolute atomic E-state index is 11.9. The van der Waals surface area contributed by atoms with Gasteiger partial charge in [0.25, 0.3) is 0 Å². The molecule has 0 bridgehead atoms. The summed E-state index contributed by atoms with van der Waals surface area (Å²) >= 11 is 0. The summed E-state index contributed by atoms with van der Waals surface area (Å²) in [6, 6.07) is 4.39. The van der Waals surface area contributed by atoms with Crippen molar-refractivity contribution >= 4 is 17.8 Å². The molecule has 0 unspecified atom stereocenters. The lowest BCUT2D eigenvalue weighted by Crippen LogP contribution is -2.44. The molecule has 7 heteroatoms. The van der Waals surface area contributed by atoms with Gasteiger partial charge >= 0.3 is 0 Å². The number of pyridine rings is 1. The van der Waals surface area contributed by atoms with E-state index in [0.717, 1.165) is 66.6 Å². The number of hydrogen-bond acceptors (Lipinski definition) is 6. The number of nitrogens with zero attached hydrogens (tertiary/aromatic N) is 5. The normalized spacial score (nSPS) is 23.1. The fraction of sp³-hybridized carbons (Fsp3) is 0.478. The summed E-state index contributed by atoms with van der Waals surface area (Å²) in [6.45, 7) is 7.53.